The van der Waals surface area contributed by atoms with Gasteiger partial charge in [0, 0.05) is 31.2 Å². The molecule has 3 rings (SSSR count). The molecule has 0 spiro atoms. The van der Waals surface area contributed by atoms with E-state index in [0.717, 1.165) is 23.3 Å². The van der Waals surface area contributed by atoms with E-state index < -0.39 is 0 Å². The molecule has 6 nitrogen and oxygen atoms in total. The maximum atomic E-state index is 12.0. The molecule has 118 valence electrons. The van der Waals surface area contributed by atoms with Crippen LogP contribution in [0.25, 0.3) is 10.9 Å². The molecule has 2 heterocycles. The van der Waals surface area contributed by atoms with Gasteiger partial charge in [-0.25, -0.2) is 4.98 Å². The third-order valence-corrected chi connectivity index (χ3v) is 3.53. The number of anilines is 1. The van der Waals surface area contributed by atoms with Crippen LogP contribution in [0.5, 0.6) is 0 Å². The van der Waals surface area contributed by atoms with Gasteiger partial charge < -0.3 is 10.6 Å². The zero-order valence-electron chi connectivity index (χ0n) is 13.0. The number of aryl methyl sites for hydroxylation is 1. The molecule has 2 aromatic heterocycles. The van der Waals surface area contributed by atoms with E-state index >= 15 is 0 Å². The summed E-state index contributed by atoms with van der Waals surface area (Å²) >= 11 is 0. The zero-order valence-corrected chi connectivity index (χ0v) is 13.0. The monoisotopic (exact) mass is 309 g/mol. The molecule has 0 saturated heterocycles. The van der Waals surface area contributed by atoms with E-state index in [-0.39, 0.29) is 5.91 Å². The van der Waals surface area contributed by atoms with Crippen molar-refractivity contribution in [1.29, 1.82) is 0 Å². The Morgan fingerprint density at radius 2 is 2.04 bits per heavy atom. The van der Waals surface area contributed by atoms with Crippen LogP contribution in [0.1, 0.15) is 17.3 Å². The first-order chi connectivity index (χ1) is 11.3. The highest BCUT2D eigenvalue weighted by molar-refractivity contribution is 5.93. The highest BCUT2D eigenvalue weighted by Gasteiger charge is 2.07. The number of hydrogen-bond donors (Lipinski definition) is 2. The third-order valence-electron chi connectivity index (χ3n) is 3.53. The van der Waals surface area contributed by atoms with E-state index in [4.69, 9.17) is 0 Å². The molecule has 0 unspecified atom stereocenters. The second-order valence-corrected chi connectivity index (χ2v) is 5.16. The standard InChI is InChI=1S/C17H19N5O/c1-2-22-12-14(11-20-22)17(23)19-10-9-18-16-8-7-13-5-3-4-6-15(13)21-16/h3-8,11-12H,2,9-10H2,1H3,(H,18,21)(H,19,23). The lowest BCUT2D eigenvalue weighted by Gasteiger charge is -2.07. The Labute approximate surface area is 134 Å². The minimum absolute atomic E-state index is 0.113. The predicted molar refractivity (Wildman–Crippen MR) is 90.5 cm³/mol. The molecule has 0 atom stereocenters. The molecule has 0 saturated carbocycles. The first-order valence-electron chi connectivity index (χ1n) is 7.66. The molecule has 3 aromatic rings. The molecule has 0 radical (unpaired) electrons. The highest BCUT2D eigenvalue weighted by atomic mass is 16.1. The summed E-state index contributed by atoms with van der Waals surface area (Å²) in [6.07, 6.45) is 3.32. The van der Waals surface area contributed by atoms with E-state index in [9.17, 15) is 4.79 Å². The number of nitrogens with zero attached hydrogens (tertiary/aromatic N) is 3. The summed E-state index contributed by atoms with van der Waals surface area (Å²) in [6.45, 7) is 3.86. The molecule has 0 bridgehead atoms. The molecule has 1 aromatic carbocycles. The van der Waals surface area contributed by atoms with Crippen molar-refractivity contribution >= 4 is 22.6 Å². The number of amides is 1. The first-order valence-corrected chi connectivity index (χ1v) is 7.66. The number of carbonyl (C=O) groups is 1. The Balaban J connectivity index is 1.49. The Morgan fingerprint density at radius 3 is 2.87 bits per heavy atom. The van der Waals surface area contributed by atoms with E-state index in [1.807, 2.05) is 43.3 Å². The summed E-state index contributed by atoms with van der Waals surface area (Å²) in [7, 11) is 0. The molecule has 0 aliphatic carbocycles. The molecular formula is C17H19N5O. The smallest absolute Gasteiger partial charge is 0.254 e. The van der Waals surface area contributed by atoms with Crippen LogP contribution in [-0.4, -0.2) is 33.8 Å². The number of pyridine rings is 1. The van der Waals surface area contributed by atoms with Crippen LogP contribution >= 0.6 is 0 Å². The van der Waals surface area contributed by atoms with Crippen LogP contribution in [0.2, 0.25) is 0 Å². The third kappa shape index (κ3) is 3.66. The Morgan fingerprint density at radius 1 is 1.17 bits per heavy atom. The minimum atomic E-state index is -0.113. The van der Waals surface area contributed by atoms with Crippen LogP contribution in [0.15, 0.2) is 48.8 Å². The summed E-state index contributed by atoms with van der Waals surface area (Å²) < 4.78 is 1.73. The molecule has 0 aliphatic rings. The Kier molecular flexibility index (Phi) is 4.52. The lowest BCUT2D eigenvalue weighted by atomic mass is 10.2. The molecule has 2 N–H and O–H groups in total. The summed E-state index contributed by atoms with van der Waals surface area (Å²) in [5.74, 6) is 0.690. The van der Waals surface area contributed by atoms with Gasteiger partial charge in [0.05, 0.1) is 17.3 Å². The average molecular weight is 309 g/mol. The molecule has 6 heteroatoms. The lowest BCUT2D eigenvalue weighted by Crippen LogP contribution is -2.28. The van der Waals surface area contributed by atoms with Crippen molar-refractivity contribution in [2.24, 2.45) is 0 Å². The first kappa shape index (κ1) is 15.0. The van der Waals surface area contributed by atoms with Crippen molar-refractivity contribution in [3.8, 4) is 0 Å². The summed E-state index contributed by atoms with van der Waals surface area (Å²) in [5, 5.41) is 11.3. The van der Waals surface area contributed by atoms with E-state index in [1.54, 1.807) is 17.1 Å². The van der Waals surface area contributed by atoms with Gasteiger partial charge in [0.15, 0.2) is 0 Å². The van der Waals surface area contributed by atoms with E-state index in [0.29, 0.717) is 18.7 Å². The molecule has 23 heavy (non-hydrogen) atoms. The SMILES string of the molecule is CCn1cc(C(=O)NCCNc2ccc3ccccc3n2)cn1. The van der Waals surface area contributed by atoms with Crippen LogP contribution in [0, 0.1) is 0 Å². The topological polar surface area (TPSA) is 71.8 Å². The average Bonchev–Trinajstić information content (AvgIpc) is 3.07. The maximum absolute atomic E-state index is 12.0. The number of fused-ring (bicyclic) bond motifs is 1. The predicted octanol–water partition coefficient (Wildman–Crippen LogP) is 2.29. The molecule has 0 aliphatic heterocycles. The van der Waals surface area contributed by atoms with Crippen molar-refractivity contribution in [2.75, 3.05) is 18.4 Å². The number of rotatable bonds is 6. The zero-order chi connectivity index (χ0) is 16.1. The van der Waals surface area contributed by atoms with Gasteiger partial charge in [0.2, 0.25) is 0 Å². The van der Waals surface area contributed by atoms with Crippen LogP contribution in [0.4, 0.5) is 5.82 Å². The number of nitrogens with one attached hydrogen (secondary N) is 2. The van der Waals surface area contributed by atoms with Crippen LogP contribution in [0.3, 0.4) is 0 Å². The molecule has 0 fully saturated rings. The summed E-state index contributed by atoms with van der Waals surface area (Å²) in [4.78, 5) is 16.5. The van der Waals surface area contributed by atoms with Crippen molar-refractivity contribution in [2.45, 2.75) is 13.5 Å². The Hall–Kier alpha value is -2.89. The fourth-order valence-electron chi connectivity index (χ4n) is 2.29. The maximum Gasteiger partial charge on any atom is 0.254 e. The normalized spacial score (nSPS) is 10.7. The number of para-hydroxylation sites is 1. The number of hydrogen-bond acceptors (Lipinski definition) is 4. The van der Waals surface area contributed by atoms with E-state index in [1.165, 1.54) is 0 Å². The number of aromatic nitrogens is 3. The lowest BCUT2D eigenvalue weighted by molar-refractivity contribution is 0.0955. The van der Waals surface area contributed by atoms with Gasteiger partial charge in [-0.3, -0.25) is 9.48 Å². The van der Waals surface area contributed by atoms with Gasteiger partial charge in [-0.2, -0.15) is 5.10 Å². The van der Waals surface area contributed by atoms with Crippen LogP contribution < -0.4 is 10.6 Å². The summed E-state index contributed by atoms with van der Waals surface area (Å²) in [5.41, 5.74) is 1.53. The summed E-state index contributed by atoms with van der Waals surface area (Å²) in [6, 6.07) is 11.9. The second kappa shape index (κ2) is 6.91. The van der Waals surface area contributed by atoms with Gasteiger partial charge in [0.1, 0.15) is 5.82 Å². The molecular weight excluding hydrogens is 290 g/mol. The van der Waals surface area contributed by atoms with Gasteiger partial charge in [-0.05, 0) is 25.1 Å². The number of benzene rings is 1. The van der Waals surface area contributed by atoms with Crippen molar-refractivity contribution in [3.63, 3.8) is 0 Å². The fourth-order valence-corrected chi connectivity index (χ4v) is 2.29. The highest BCUT2D eigenvalue weighted by Crippen LogP contribution is 2.14. The van der Waals surface area contributed by atoms with Gasteiger partial charge >= 0.3 is 0 Å². The largest absolute Gasteiger partial charge is 0.368 e. The van der Waals surface area contributed by atoms with Crippen LogP contribution in [-0.2, 0) is 6.54 Å². The second-order valence-electron chi connectivity index (χ2n) is 5.16. The van der Waals surface area contributed by atoms with Crippen molar-refractivity contribution < 1.29 is 4.79 Å². The van der Waals surface area contributed by atoms with Gasteiger partial charge in [0.25, 0.3) is 5.91 Å². The molecule has 1 amide bonds. The van der Waals surface area contributed by atoms with E-state index in [2.05, 4.69) is 20.7 Å². The van der Waals surface area contributed by atoms with Gasteiger partial charge in [-0.15, -0.1) is 0 Å². The Bertz CT molecular complexity index is 811. The minimum Gasteiger partial charge on any atom is -0.368 e. The van der Waals surface area contributed by atoms with Crippen molar-refractivity contribution in [3.05, 3.63) is 54.4 Å². The number of carbonyl (C=O) groups excluding carboxylic acids is 1. The fraction of sp³-hybridized carbons (Fsp3) is 0.235. The van der Waals surface area contributed by atoms with Gasteiger partial charge in [-0.1, -0.05) is 18.2 Å². The quantitative estimate of drug-likeness (QED) is 0.685. The van der Waals surface area contributed by atoms with Crippen molar-refractivity contribution in [1.82, 2.24) is 20.1 Å².